The molecule has 0 aliphatic heterocycles. The monoisotopic (exact) mass is 551 g/mol. The van der Waals surface area contributed by atoms with E-state index in [4.69, 9.17) is 0 Å². The predicted octanol–water partition coefficient (Wildman–Crippen LogP) is 11.7. The normalized spacial score (nSPS) is 13.2. The summed E-state index contributed by atoms with van der Waals surface area (Å²) in [4.78, 5) is 2.37. The maximum atomic E-state index is 2.46. The van der Waals surface area contributed by atoms with Crippen LogP contribution in [0.4, 0.5) is 17.1 Å². The largest absolute Gasteiger partial charge is 0.310 e. The number of hydrogen-bond acceptors (Lipinski definition) is 1. The Morgan fingerprint density at radius 2 is 1.14 bits per heavy atom. The lowest BCUT2D eigenvalue weighted by Gasteiger charge is -2.27. The van der Waals surface area contributed by atoms with Crippen molar-refractivity contribution in [1.29, 1.82) is 0 Å². The molecular weight excluding hydrogens is 518 g/mol. The van der Waals surface area contributed by atoms with Gasteiger partial charge in [0.1, 0.15) is 0 Å². The van der Waals surface area contributed by atoms with E-state index in [1.807, 2.05) is 0 Å². The van der Waals surface area contributed by atoms with Crippen molar-refractivity contribution in [3.8, 4) is 22.3 Å². The second-order valence-corrected chi connectivity index (χ2v) is 12.3. The van der Waals surface area contributed by atoms with Crippen molar-refractivity contribution >= 4 is 38.6 Å². The van der Waals surface area contributed by atoms with Crippen LogP contribution in [0.1, 0.15) is 30.5 Å². The number of anilines is 3. The second-order valence-electron chi connectivity index (χ2n) is 12.3. The van der Waals surface area contributed by atoms with Gasteiger partial charge in [0.05, 0.1) is 5.69 Å². The summed E-state index contributed by atoms with van der Waals surface area (Å²) < 4.78 is 0. The van der Waals surface area contributed by atoms with Crippen LogP contribution in [0.15, 0.2) is 146 Å². The molecule has 0 fully saturated rings. The van der Waals surface area contributed by atoms with E-state index in [-0.39, 0.29) is 5.41 Å². The van der Waals surface area contributed by atoms with Crippen molar-refractivity contribution in [2.75, 3.05) is 4.90 Å². The van der Waals surface area contributed by atoms with Gasteiger partial charge in [-0.1, -0.05) is 129 Å². The molecule has 43 heavy (non-hydrogen) atoms. The summed E-state index contributed by atoms with van der Waals surface area (Å²) in [6.45, 7) is 6.95. The van der Waals surface area contributed by atoms with Crippen molar-refractivity contribution in [3.63, 3.8) is 0 Å². The molecule has 0 spiro atoms. The Bertz CT molecular complexity index is 2150. The molecule has 0 saturated heterocycles. The van der Waals surface area contributed by atoms with Crippen LogP contribution >= 0.6 is 0 Å². The minimum Gasteiger partial charge on any atom is -0.310 e. The molecule has 7 aromatic rings. The van der Waals surface area contributed by atoms with Crippen LogP contribution in [0.3, 0.4) is 0 Å². The highest BCUT2D eigenvalue weighted by Crippen LogP contribution is 2.53. The highest BCUT2D eigenvalue weighted by atomic mass is 15.1. The fourth-order valence-corrected chi connectivity index (χ4v) is 7.13. The summed E-state index contributed by atoms with van der Waals surface area (Å²) in [6.07, 6.45) is 0. The van der Waals surface area contributed by atoms with Crippen LogP contribution in [0.25, 0.3) is 43.8 Å². The number of nitrogens with zero attached hydrogens (tertiary/aromatic N) is 1. The van der Waals surface area contributed by atoms with Gasteiger partial charge in [0, 0.05) is 22.2 Å². The van der Waals surface area contributed by atoms with Gasteiger partial charge in [-0.05, 0) is 92.9 Å². The average Bonchev–Trinajstić information content (AvgIpc) is 3.27. The van der Waals surface area contributed by atoms with Gasteiger partial charge in [0.2, 0.25) is 0 Å². The molecule has 1 heteroatoms. The van der Waals surface area contributed by atoms with Crippen LogP contribution in [-0.4, -0.2) is 0 Å². The lowest BCUT2D eigenvalue weighted by atomic mass is 9.80. The minimum atomic E-state index is -0.0616. The van der Waals surface area contributed by atoms with E-state index in [0.717, 1.165) is 11.4 Å². The first kappa shape index (κ1) is 25.6. The number of hydrogen-bond donors (Lipinski definition) is 0. The zero-order valence-corrected chi connectivity index (χ0v) is 24.8. The third-order valence-electron chi connectivity index (χ3n) is 9.29. The smallest absolute Gasteiger partial charge is 0.0540 e. The molecule has 8 rings (SSSR count). The number of fused-ring (bicyclic) bond motifs is 6. The van der Waals surface area contributed by atoms with Crippen molar-refractivity contribution in [2.45, 2.75) is 26.2 Å². The number of aryl methyl sites for hydroxylation is 1. The molecule has 1 aliphatic rings. The van der Waals surface area contributed by atoms with E-state index < -0.39 is 0 Å². The molecule has 0 atom stereocenters. The van der Waals surface area contributed by atoms with Crippen LogP contribution in [0, 0.1) is 6.92 Å². The highest BCUT2D eigenvalue weighted by Gasteiger charge is 2.37. The molecule has 0 amide bonds. The van der Waals surface area contributed by atoms with E-state index in [2.05, 4.69) is 171 Å². The molecule has 1 aliphatic carbocycles. The Morgan fingerprint density at radius 3 is 1.93 bits per heavy atom. The third-order valence-corrected chi connectivity index (χ3v) is 9.29. The lowest BCUT2D eigenvalue weighted by Crippen LogP contribution is -2.15. The fourth-order valence-electron chi connectivity index (χ4n) is 7.13. The summed E-state index contributed by atoms with van der Waals surface area (Å²) in [7, 11) is 0. The Morgan fingerprint density at radius 1 is 0.488 bits per heavy atom. The molecule has 0 aromatic heterocycles. The Balaban J connectivity index is 1.30. The lowest BCUT2D eigenvalue weighted by molar-refractivity contribution is 0.660. The van der Waals surface area contributed by atoms with Gasteiger partial charge in [-0.15, -0.1) is 0 Å². The predicted molar refractivity (Wildman–Crippen MR) is 184 cm³/mol. The molecule has 0 radical (unpaired) electrons. The highest BCUT2D eigenvalue weighted by molar-refractivity contribution is 6.09. The second kappa shape index (κ2) is 9.71. The average molecular weight is 552 g/mol. The summed E-state index contributed by atoms with van der Waals surface area (Å²) >= 11 is 0. The van der Waals surface area contributed by atoms with Crippen molar-refractivity contribution in [1.82, 2.24) is 0 Å². The van der Waals surface area contributed by atoms with E-state index in [0.29, 0.717) is 0 Å². The van der Waals surface area contributed by atoms with Gasteiger partial charge >= 0.3 is 0 Å². The van der Waals surface area contributed by atoms with E-state index in [1.165, 1.54) is 66.2 Å². The molecule has 0 bridgehead atoms. The molecule has 0 saturated carbocycles. The van der Waals surface area contributed by atoms with Crippen molar-refractivity contribution in [3.05, 3.63) is 162 Å². The number of benzene rings is 7. The van der Waals surface area contributed by atoms with Crippen LogP contribution in [0.5, 0.6) is 0 Å². The first-order valence-corrected chi connectivity index (χ1v) is 15.1. The fraction of sp³-hybridized carbons (Fsp3) is 0.0952. The maximum Gasteiger partial charge on any atom is 0.0540 e. The van der Waals surface area contributed by atoms with E-state index >= 15 is 0 Å². The minimum absolute atomic E-state index is 0.0616. The first-order chi connectivity index (χ1) is 21.0. The quantitative estimate of drug-likeness (QED) is 0.210. The molecule has 7 aromatic carbocycles. The van der Waals surface area contributed by atoms with Gasteiger partial charge < -0.3 is 4.90 Å². The van der Waals surface area contributed by atoms with Crippen molar-refractivity contribution < 1.29 is 0 Å². The SMILES string of the molecule is Cc1ccc2c(c1)C(C)(C)c1cc(-c3ccc(N(c4ccccc4)c4cccc5ccccc45)cc3)c3ccccc3c1-2. The standard InChI is InChI=1S/C42H33N/c1-28-20-25-36-38(26-28)42(2,3)39-27-37(34-17-9-10-18-35(34)41(36)39)30-21-23-32(24-22-30)43(31-14-5-4-6-15-31)40-19-11-13-29-12-7-8-16-33(29)40/h4-27H,1-3H3. The topological polar surface area (TPSA) is 3.24 Å². The summed E-state index contributed by atoms with van der Waals surface area (Å²) in [6, 6.07) is 53.3. The zero-order chi connectivity index (χ0) is 29.1. The van der Waals surface area contributed by atoms with Crippen LogP contribution < -0.4 is 4.90 Å². The van der Waals surface area contributed by atoms with Gasteiger partial charge in [0.25, 0.3) is 0 Å². The van der Waals surface area contributed by atoms with Gasteiger partial charge in [-0.3, -0.25) is 0 Å². The maximum absolute atomic E-state index is 2.46. The molecule has 0 heterocycles. The third kappa shape index (κ3) is 4.00. The molecular formula is C42H33N. The van der Waals surface area contributed by atoms with Crippen LogP contribution in [-0.2, 0) is 5.41 Å². The molecule has 206 valence electrons. The molecule has 1 nitrogen and oxygen atoms in total. The number of para-hydroxylation sites is 1. The Labute approximate surface area is 253 Å². The Hall–Kier alpha value is -5.14. The summed E-state index contributed by atoms with van der Waals surface area (Å²) in [5, 5.41) is 5.10. The number of rotatable bonds is 4. The van der Waals surface area contributed by atoms with Gasteiger partial charge in [0.15, 0.2) is 0 Å². The van der Waals surface area contributed by atoms with Crippen LogP contribution in [0.2, 0.25) is 0 Å². The molecule has 0 N–H and O–H groups in total. The Kier molecular flexibility index (Phi) is 5.77. The van der Waals surface area contributed by atoms with Gasteiger partial charge in [-0.2, -0.15) is 0 Å². The zero-order valence-electron chi connectivity index (χ0n) is 24.8. The molecule has 0 unspecified atom stereocenters. The van der Waals surface area contributed by atoms with E-state index in [9.17, 15) is 0 Å². The first-order valence-electron chi connectivity index (χ1n) is 15.1. The summed E-state index contributed by atoms with van der Waals surface area (Å²) in [5.74, 6) is 0. The van der Waals surface area contributed by atoms with E-state index in [1.54, 1.807) is 0 Å². The van der Waals surface area contributed by atoms with Gasteiger partial charge in [-0.25, -0.2) is 0 Å². The van der Waals surface area contributed by atoms with Crippen molar-refractivity contribution in [2.24, 2.45) is 0 Å². The summed E-state index contributed by atoms with van der Waals surface area (Å²) in [5.41, 5.74) is 12.8.